The number of aromatic nitrogens is 1. The van der Waals surface area contributed by atoms with Gasteiger partial charge in [0.05, 0.1) is 7.11 Å². The molecule has 0 aliphatic heterocycles. The smallest absolute Gasteiger partial charge is 0.269 e. The summed E-state index contributed by atoms with van der Waals surface area (Å²) in [6, 6.07) is 11.1. The Balaban J connectivity index is 1.96. The minimum atomic E-state index is -0.195. The largest absolute Gasteiger partial charge is 0.497 e. The Kier molecular flexibility index (Phi) is 6.38. The predicted molar refractivity (Wildman–Crippen MR) is 89.3 cm³/mol. The molecule has 0 saturated heterocycles. The first-order valence-corrected chi connectivity index (χ1v) is 7.37. The highest BCUT2D eigenvalue weighted by Crippen LogP contribution is 2.19. The number of benzene rings is 1. The maximum absolute atomic E-state index is 12.0. The predicted octanol–water partition coefficient (Wildman–Crippen LogP) is 2.60. The third-order valence-electron chi connectivity index (χ3n) is 3.18. The van der Waals surface area contributed by atoms with Gasteiger partial charge in [-0.3, -0.25) is 9.78 Å². The Morgan fingerprint density at radius 1 is 1.13 bits per heavy atom. The van der Waals surface area contributed by atoms with Crippen LogP contribution in [0.5, 0.6) is 5.75 Å². The minimum Gasteiger partial charge on any atom is -0.497 e. The lowest BCUT2D eigenvalue weighted by Crippen LogP contribution is -2.26. The van der Waals surface area contributed by atoms with Crippen molar-refractivity contribution in [3.05, 3.63) is 48.3 Å². The molecule has 6 heteroatoms. The second-order valence-electron chi connectivity index (χ2n) is 4.89. The summed E-state index contributed by atoms with van der Waals surface area (Å²) in [4.78, 5) is 16.1. The van der Waals surface area contributed by atoms with Gasteiger partial charge in [0.25, 0.3) is 5.91 Å². The minimum absolute atomic E-state index is 0.195. The van der Waals surface area contributed by atoms with Crippen LogP contribution in [0.25, 0.3) is 0 Å². The number of anilines is 2. The number of ether oxygens (including phenoxy) is 2. The zero-order chi connectivity index (χ0) is 16.5. The second-order valence-corrected chi connectivity index (χ2v) is 4.89. The summed E-state index contributed by atoms with van der Waals surface area (Å²) < 4.78 is 10.1. The van der Waals surface area contributed by atoms with E-state index in [1.807, 2.05) is 30.3 Å². The lowest BCUT2D eigenvalue weighted by atomic mass is 10.2. The Hall–Kier alpha value is -2.60. The normalized spacial score (nSPS) is 10.2. The van der Waals surface area contributed by atoms with Crippen molar-refractivity contribution in [1.29, 1.82) is 0 Å². The van der Waals surface area contributed by atoms with Crippen LogP contribution in [0.15, 0.2) is 42.6 Å². The van der Waals surface area contributed by atoms with Gasteiger partial charge in [-0.15, -0.1) is 0 Å². The molecule has 122 valence electrons. The zero-order valence-corrected chi connectivity index (χ0v) is 13.3. The number of hydrogen-bond donors (Lipinski definition) is 2. The number of pyridine rings is 1. The summed E-state index contributed by atoms with van der Waals surface area (Å²) in [6.45, 7) is 1.18. The Bertz CT molecular complexity index is 629. The van der Waals surface area contributed by atoms with Crippen LogP contribution < -0.4 is 15.4 Å². The molecule has 1 aromatic carbocycles. The summed E-state index contributed by atoms with van der Waals surface area (Å²) >= 11 is 0. The van der Waals surface area contributed by atoms with Crippen LogP contribution >= 0.6 is 0 Å². The van der Waals surface area contributed by atoms with Crippen LogP contribution in [-0.2, 0) is 4.74 Å². The summed E-state index contributed by atoms with van der Waals surface area (Å²) in [5, 5.41) is 6.05. The van der Waals surface area contributed by atoms with Crippen molar-refractivity contribution >= 4 is 17.3 Å². The standard InChI is InChI=1S/C17H21N3O3/c1-22-11-3-9-19-17(21)16-12-14(8-10-18-16)20-13-4-6-15(23-2)7-5-13/h4-8,10,12H,3,9,11H2,1-2H3,(H,18,20)(H,19,21). The van der Waals surface area contributed by atoms with Gasteiger partial charge in [-0.2, -0.15) is 0 Å². The average molecular weight is 315 g/mol. The number of hydrogen-bond acceptors (Lipinski definition) is 5. The van der Waals surface area contributed by atoms with Crippen LogP contribution in [0.2, 0.25) is 0 Å². The molecule has 23 heavy (non-hydrogen) atoms. The fraction of sp³-hybridized carbons (Fsp3) is 0.294. The molecule has 6 nitrogen and oxygen atoms in total. The van der Waals surface area contributed by atoms with E-state index in [-0.39, 0.29) is 5.91 Å². The van der Waals surface area contributed by atoms with E-state index in [4.69, 9.17) is 9.47 Å². The highest BCUT2D eigenvalue weighted by Gasteiger charge is 2.07. The zero-order valence-electron chi connectivity index (χ0n) is 13.3. The molecule has 0 fully saturated rings. The average Bonchev–Trinajstić information content (AvgIpc) is 2.59. The summed E-state index contributed by atoms with van der Waals surface area (Å²) in [5.74, 6) is 0.598. The fourth-order valence-corrected chi connectivity index (χ4v) is 1.98. The second kappa shape index (κ2) is 8.75. The molecule has 1 aromatic heterocycles. The molecular weight excluding hydrogens is 294 g/mol. The maximum Gasteiger partial charge on any atom is 0.269 e. The first-order chi connectivity index (χ1) is 11.2. The number of carbonyl (C=O) groups is 1. The molecule has 0 unspecified atom stereocenters. The molecule has 0 atom stereocenters. The van der Waals surface area contributed by atoms with Gasteiger partial charge in [-0.25, -0.2) is 0 Å². The van der Waals surface area contributed by atoms with E-state index < -0.39 is 0 Å². The Morgan fingerprint density at radius 3 is 2.61 bits per heavy atom. The number of amides is 1. The van der Waals surface area contributed by atoms with Crippen LogP contribution in [0, 0.1) is 0 Å². The van der Waals surface area contributed by atoms with Gasteiger partial charge >= 0.3 is 0 Å². The van der Waals surface area contributed by atoms with Crippen LogP contribution in [0.3, 0.4) is 0 Å². The molecule has 0 radical (unpaired) electrons. The number of nitrogens with one attached hydrogen (secondary N) is 2. The molecule has 1 heterocycles. The monoisotopic (exact) mass is 315 g/mol. The van der Waals surface area contributed by atoms with Gasteiger partial charge in [-0.1, -0.05) is 0 Å². The van der Waals surface area contributed by atoms with Crippen molar-refractivity contribution < 1.29 is 14.3 Å². The van der Waals surface area contributed by atoms with Crippen molar-refractivity contribution in [2.24, 2.45) is 0 Å². The fourth-order valence-electron chi connectivity index (χ4n) is 1.98. The van der Waals surface area contributed by atoms with Crippen LogP contribution in [0.4, 0.5) is 11.4 Å². The molecule has 2 rings (SSSR count). The van der Waals surface area contributed by atoms with E-state index in [2.05, 4.69) is 15.6 Å². The van der Waals surface area contributed by atoms with Gasteiger partial charge in [0.15, 0.2) is 0 Å². The Morgan fingerprint density at radius 2 is 1.91 bits per heavy atom. The van der Waals surface area contributed by atoms with Crippen molar-refractivity contribution in [2.45, 2.75) is 6.42 Å². The van der Waals surface area contributed by atoms with Crippen LogP contribution in [0.1, 0.15) is 16.9 Å². The van der Waals surface area contributed by atoms with Crippen molar-refractivity contribution in [3.63, 3.8) is 0 Å². The van der Waals surface area contributed by atoms with E-state index in [0.29, 0.717) is 18.8 Å². The summed E-state index contributed by atoms with van der Waals surface area (Å²) in [6.07, 6.45) is 2.38. The van der Waals surface area contributed by atoms with E-state index in [0.717, 1.165) is 23.5 Å². The van der Waals surface area contributed by atoms with E-state index in [1.54, 1.807) is 26.5 Å². The molecule has 1 amide bonds. The number of carbonyl (C=O) groups excluding carboxylic acids is 1. The number of nitrogens with zero attached hydrogens (tertiary/aromatic N) is 1. The molecule has 0 aliphatic rings. The van der Waals surface area contributed by atoms with E-state index in [1.165, 1.54) is 0 Å². The maximum atomic E-state index is 12.0. The Labute approximate surface area is 135 Å². The van der Waals surface area contributed by atoms with E-state index >= 15 is 0 Å². The summed E-state index contributed by atoms with van der Waals surface area (Å²) in [5.41, 5.74) is 2.08. The third-order valence-corrected chi connectivity index (χ3v) is 3.18. The van der Waals surface area contributed by atoms with Crippen molar-refractivity contribution in [2.75, 3.05) is 32.7 Å². The number of methoxy groups -OCH3 is 2. The molecule has 2 N–H and O–H groups in total. The van der Waals surface area contributed by atoms with Gasteiger partial charge in [-0.05, 0) is 42.8 Å². The quantitative estimate of drug-likeness (QED) is 0.733. The first kappa shape index (κ1) is 16.8. The SMILES string of the molecule is COCCCNC(=O)c1cc(Nc2ccc(OC)cc2)ccn1. The van der Waals surface area contributed by atoms with Gasteiger partial charge < -0.3 is 20.1 Å². The molecule has 0 saturated carbocycles. The molecular formula is C17H21N3O3. The van der Waals surface area contributed by atoms with Crippen molar-refractivity contribution in [3.8, 4) is 5.75 Å². The molecule has 0 bridgehead atoms. The highest BCUT2D eigenvalue weighted by atomic mass is 16.5. The molecule has 0 aliphatic carbocycles. The third kappa shape index (κ3) is 5.27. The molecule has 0 spiro atoms. The first-order valence-electron chi connectivity index (χ1n) is 7.37. The van der Waals surface area contributed by atoms with Crippen molar-refractivity contribution in [1.82, 2.24) is 10.3 Å². The van der Waals surface area contributed by atoms with Gasteiger partial charge in [0, 0.05) is 37.8 Å². The lowest BCUT2D eigenvalue weighted by molar-refractivity contribution is 0.0943. The van der Waals surface area contributed by atoms with Crippen LogP contribution in [-0.4, -0.2) is 38.3 Å². The van der Waals surface area contributed by atoms with Gasteiger partial charge in [0.1, 0.15) is 11.4 Å². The van der Waals surface area contributed by atoms with Gasteiger partial charge in [0.2, 0.25) is 0 Å². The highest BCUT2D eigenvalue weighted by molar-refractivity contribution is 5.93. The lowest BCUT2D eigenvalue weighted by Gasteiger charge is -2.09. The molecule has 2 aromatic rings. The number of rotatable bonds is 8. The topological polar surface area (TPSA) is 72.5 Å². The van der Waals surface area contributed by atoms with E-state index in [9.17, 15) is 4.79 Å². The summed E-state index contributed by atoms with van der Waals surface area (Å²) in [7, 11) is 3.26.